The Kier molecular flexibility index (Phi) is 3.11. The van der Waals surface area contributed by atoms with E-state index < -0.39 is 18.2 Å². The maximum Gasteiger partial charge on any atom is 0.387 e. The minimum Gasteiger partial charge on any atom is -0.431 e. The van der Waals surface area contributed by atoms with Gasteiger partial charge in [0.2, 0.25) is 0 Å². The van der Waals surface area contributed by atoms with Gasteiger partial charge in [-0.3, -0.25) is 4.79 Å². The molecule has 0 radical (unpaired) electrons. The first-order valence-corrected chi connectivity index (χ1v) is 3.75. The number of carbonyl (C=O) groups excluding carboxylic acids is 1. The summed E-state index contributed by atoms with van der Waals surface area (Å²) in [5.41, 5.74) is -0.0837. The number of rotatable bonds is 3. The van der Waals surface area contributed by atoms with Crippen LogP contribution < -0.4 is 4.74 Å². The van der Waals surface area contributed by atoms with Gasteiger partial charge in [-0.1, -0.05) is 6.07 Å². The molecule has 1 aromatic carbocycles. The van der Waals surface area contributed by atoms with Crippen LogP contribution in [0.2, 0.25) is 0 Å². The van der Waals surface area contributed by atoms with E-state index in [2.05, 4.69) is 4.74 Å². The largest absolute Gasteiger partial charge is 0.431 e. The summed E-state index contributed by atoms with van der Waals surface area (Å²) in [5.74, 6) is -1.63. The smallest absolute Gasteiger partial charge is 0.387 e. The third kappa shape index (κ3) is 2.04. The van der Waals surface area contributed by atoms with Gasteiger partial charge >= 0.3 is 6.61 Å². The van der Waals surface area contributed by atoms with Crippen molar-refractivity contribution < 1.29 is 22.7 Å². The average molecular weight is 204 g/mol. The zero-order valence-corrected chi connectivity index (χ0v) is 7.26. The van der Waals surface area contributed by atoms with Crippen molar-refractivity contribution in [1.29, 1.82) is 0 Å². The van der Waals surface area contributed by atoms with Gasteiger partial charge in [0.15, 0.2) is 17.9 Å². The van der Waals surface area contributed by atoms with Crippen LogP contribution in [0.4, 0.5) is 13.2 Å². The van der Waals surface area contributed by atoms with Gasteiger partial charge in [-0.05, 0) is 18.6 Å². The van der Waals surface area contributed by atoms with Crippen LogP contribution >= 0.6 is 0 Å². The van der Waals surface area contributed by atoms with E-state index in [1.54, 1.807) is 0 Å². The van der Waals surface area contributed by atoms with Crippen molar-refractivity contribution in [2.45, 2.75) is 13.5 Å². The lowest BCUT2D eigenvalue weighted by atomic mass is 10.1. The minimum atomic E-state index is -3.11. The molecule has 0 atom stereocenters. The van der Waals surface area contributed by atoms with E-state index in [0.29, 0.717) is 0 Å². The van der Waals surface area contributed by atoms with E-state index in [9.17, 15) is 18.0 Å². The summed E-state index contributed by atoms with van der Waals surface area (Å²) in [6.07, 6.45) is 0.243. The highest BCUT2D eigenvalue weighted by molar-refractivity contribution is 5.76. The van der Waals surface area contributed by atoms with Crippen LogP contribution in [0.5, 0.6) is 5.75 Å². The van der Waals surface area contributed by atoms with Crippen molar-refractivity contribution in [3.63, 3.8) is 0 Å². The van der Waals surface area contributed by atoms with E-state index in [1.165, 1.54) is 19.1 Å². The number of benzene rings is 1. The summed E-state index contributed by atoms with van der Waals surface area (Å²) in [6, 6.07) is 2.54. The highest BCUT2D eigenvalue weighted by Crippen LogP contribution is 2.25. The minimum absolute atomic E-state index is 0.216. The molecule has 5 heteroatoms. The van der Waals surface area contributed by atoms with E-state index in [4.69, 9.17) is 0 Å². The Bertz CT molecular complexity index is 350. The van der Waals surface area contributed by atoms with Crippen LogP contribution in [-0.4, -0.2) is 12.9 Å². The molecule has 0 amide bonds. The molecule has 0 N–H and O–H groups in total. The number of hydrogen-bond acceptors (Lipinski definition) is 2. The van der Waals surface area contributed by atoms with E-state index in [1.807, 2.05) is 0 Å². The number of aryl methyl sites for hydroxylation is 1. The number of halogens is 3. The Morgan fingerprint density at radius 1 is 1.43 bits per heavy atom. The van der Waals surface area contributed by atoms with Gasteiger partial charge in [-0.25, -0.2) is 4.39 Å². The highest BCUT2D eigenvalue weighted by Gasteiger charge is 2.15. The first-order valence-electron chi connectivity index (χ1n) is 3.75. The van der Waals surface area contributed by atoms with Crippen molar-refractivity contribution in [3.8, 4) is 5.75 Å². The van der Waals surface area contributed by atoms with Gasteiger partial charge in [0.25, 0.3) is 0 Å². The number of ether oxygens (including phenoxy) is 1. The van der Waals surface area contributed by atoms with Crippen molar-refractivity contribution in [3.05, 3.63) is 29.1 Å². The topological polar surface area (TPSA) is 26.3 Å². The first kappa shape index (κ1) is 10.6. The fourth-order valence-corrected chi connectivity index (χ4v) is 0.993. The number of carbonyl (C=O) groups is 1. The van der Waals surface area contributed by atoms with Gasteiger partial charge < -0.3 is 4.74 Å². The molecule has 0 saturated heterocycles. The molecule has 0 bridgehead atoms. The van der Waals surface area contributed by atoms with Crippen molar-refractivity contribution in [2.75, 3.05) is 0 Å². The monoisotopic (exact) mass is 204 g/mol. The van der Waals surface area contributed by atoms with Crippen LogP contribution in [0.25, 0.3) is 0 Å². The number of aldehydes is 1. The Balaban J connectivity index is 3.18. The molecule has 14 heavy (non-hydrogen) atoms. The number of hydrogen-bond donors (Lipinski definition) is 0. The second-order valence-corrected chi connectivity index (χ2v) is 2.61. The Morgan fingerprint density at radius 2 is 2.07 bits per heavy atom. The Labute approximate surface area is 78.3 Å². The molecular weight excluding hydrogens is 197 g/mol. The van der Waals surface area contributed by atoms with E-state index >= 15 is 0 Å². The summed E-state index contributed by atoms with van der Waals surface area (Å²) in [5, 5.41) is 0. The van der Waals surface area contributed by atoms with Gasteiger partial charge in [-0.15, -0.1) is 0 Å². The maximum atomic E-state index is 13.2. The average Bonchev–Trinajstić information content (AvgIpc) is 2.12. The maximum absolute atomic E-state index is 13.2. The number of alkyl halides is 2. The summed E-state index contributed by atoms with van der Waals surface area (Å²) < 4.78 is 40.8. The van der Waals surface area contributed by atoms with E-state index in [-0.39, 0.29) is 17.4 Å². The standard InChI is InChI=1S/C9H7F3O2/c1-5-2-3-6(4-13)7(10)8(5)14-9(11)12/h2-4,9H,1H3. The van der Waals surface area contributed by atoms with Gasteiger partial charge in [0.1, 0.15) is 0 Å². The van der Waals surface area contributed by atoms with Gasteiger partial charge in [0, 0.05) is 0 Å². The van der Waals surface area contributed by atoms with Crippen LogP contribution in [0.3, 0.4) is 0 Å². The highest BCUT2D eigenvalue weighted by atomic mass is 19.3. The molecule has 0 aromatic heterocycles. The molecule has 1 aromatic rings. The fraction of sp³-hybridized carbons (Fsp3) is 0.222. The lowest BCUT2D eigenvalue weighted by Crippen LogP contribution is -2.06. The molecule has 0 aliphatic rings. The predicted octanol–water partition coefficient (Wildman–Crippen LogP) is 2.55. The molecule has 0 unspecified atom stereocenters. The van der Waals surface area contributed by atoms with Crippen LogP contribution in [0.15, 0.2) is 12.1 Å². The summed E-state index contributed by atoms with van der Waals surface area (Å²) in [6.45, 7) is -1.69. The second kappa shape index (κ2) is 4.13. The predicted molar refractivity (Wildman–Crippen MR) is 43.2 cm³/mol. The lowest BCUT2D eigenvalue weighted by Gasteiger charge is -2.09. The molecule has 76 valence electrons. The summed E-state index contributed by atoms with van der Waals surface area (Å²) >= 11 is 0. The van der Waals surface area contributed by atoms with Crippen LogP contribution in [0, 0.1) is 12.7 Å². The molecule has 1 rings (SSSR count). The van der Waals surface area contributed by atoms with E-state index in [0.717, 1.165) is 0 Å². The molecule has 0 aliphatic carbocycles. The summed E-state index contributed by atoms with van der Waals surface area (Å²) in [4.78, 5) is 10.3. The van der Waals surface area contributed by atoms with Crippen molar-refractivity contribution >= 4 is 6.29 Å². The zero-order valence-electron chi connectivity index (χ0n) is 7.26. The van der Waals surface area contributed by atoms with Gasteiger partial charge in [-0.2, -0.15) is 8.78 Å². The first-order chi connectivity index (χ1) is 6.56. The van der Waals surface area contributed by atoms with Crippen LogP contribution in [-0.2, 0) is 0 Å². The molecule has 0 saturated carbocycles. The molecule has 0 spiro atoms. The fourth-order valence-electron chi connectivity index (χ4n) is 0.993. The molecule has 0 heterocycles. The van der Waals surface area contributed by atoms with Crippen LogP contribution in [0.1, 0.15) is 15.9 Å². The third-order valence-electron chi connectivity index (χ3n) is 1.66. The van der Waals surface area contributed by atoms with Gasteiger partial charge in [0.05, 0.1) is 5.56 Å². The zero-order chi connectivity index (χ0) is 10.7. The normalized spacial score (nSPS) is 10.4. The van der Waals surface area contributed by atoms with Crippen molar-refractivity contribution in [1.82, 2.24) is 0 Å². The lowest BCUT2D eigenvalue weighted by molar-refractivity contribution is -0.0527. The molecule has 0 aliphatic heterocycles. The second-order valence-electron chi connectivity index (χ2n) is 2.61. The molecule has 2 nitrogen and oxygen atoms in total. The Morgan fingerprint density at radius 3 is 2.57 bits per heavy atom. The summed E-state index contributed by atoms with van der Waals surface area (Å²) in [7, 11) is 0. The SMILES string of the molecule is Cc1ccc(C=O)c(F)c1OC(F)F. The Hall–Kier alpha value is -1.52. The molecule has 0 fully saturated rings. The quantitative estimate of drug-likeness (QED) is 0.707. The van der Waals surface area contributed by atoms with Crippen molar-refractivity contribution in [2.24, 2.45) is 0 Å². The molecular formula is C9H7F3O2. The third-order valence-corrected chi connectivity index (χ3v) is 1.66.